The summed E-state index contributed by atoms with van der Waals surface area (Å²) in [4.78, 5) is 17.1. The number of nitrogen functional groups attached to an aromatic ring is 1. The van der Waals surface area contributed by atoms with Gasteiger partial charge in [-0.2, -0.15) is 0 Å². The molecule has 1 saturated heterocycles. The van der Waals surface area contributed by atoms with Crippen LogP contribution in [-0.2, 0) is 4.74 Å². The molecule has 1 amide bonds. The first kappa shape index (κ1) is 16.0. The van der Waals surface area contributed by atoms with Crippen molar-refractivity contribution in [2.45, 2.75) is 51.6 Å². The van der Waals surface area contributed by atoms with E-state index in [-0.39, 0.29) is 22.8 Å². The molecule has 1 aromatic heterocycles. The van der Waals surface area contributed by atoms with Gasteiger partial charge in [0.2, 0.25) is 0 Å². The molecule has 1 unspecified atom stereocenters. The van der Waals surface area contributed by atoms with Crippen LogP contribution in [0.2, 0.25) is 0 Å². The molecule has 0 radical (unpaired) electrons. The number of nitrogens with zero attached hydrogens (tertiary/aromatic N) is 1. The third kappa shape index (κ3) is 4.31. The first-order valence-electron chi connectivity index (χ1n) is 7.13. The maximum atomic E-state index is 12.4. The second kappa shape index (κ2) is 5.81. The van der Waals surface area contributed by atoms with Gasteiger partial charge in [-0.1, -0.05) is 11.3 Å². The van der Waals surface area contributed by atoms with Gasteiger partial charge >= 0.3 is 0 Å². The van der Waals surface area contributed by atoms with Gasteiger partial charge in [0.15, 0.2) is 5.13 Å². The molecule has 0 aliphatic carbocycles. The van der Waals surface area contributed by atoms with Crippen molar-refractivity contribution in [2.75, 3.05) is 24.3 Å². The van der Waals surface area contributed by atoms with Crippen LogP contribution in [-0.4, -0.2) is 35.2 Å². The molecule has 1 aliphatic rings. The quantitative estimate of drug-likeness (QED) is 0.796. The van der Waals surface area contributed by atoms with Crippen molar-refractivity contribution in [1.29, 1.82) is 0 Å². The monoisotopic (exact) mass is 312 g/mol. The van der Waals surface area contributed by atoms with Gasteiger partial charge in [-0.25, -0.2) is 4.98 Å². The molecule has 6 nitrogen and oxygen atoms in total. The van der Waals surface area contributed by atoms with Gasteiger partial charge in [-0.15, -0.1) is 0 Å². The molecule has 2 rings (SSSR count). The smallest absolute Gasteiger partial charge is 0.265 e. The summed E-state index contributed by atoms with van der Waals surface area (Å²) >= 11 is 1.28. The van der Waals surface area contributed by atoms with E-state index in [4.69, 9.17) is 10.5 Å². The average molecular weight is 312 g/mol. The summed E-state index contributed by atoms with van der Waals surface area (Å²) in [7, 11) is 0. The summed E-state index contributed by atoms with van der Waals surface area (Å²) in [6.45, 7) is 9.38. The highest BCUT2D eigenvalue weighted by Gasteiger charge is 2.31. The molecule has 0 bridgehead atoms. The molecule has 1 aromatic rings. The van der Waals surface area contributed by atoms with E-state index in [0.29, 0.717) is 16.6 Å². The number of nitrogens with one attached hydrogen (secondary N) is 2. The highest BCUT2D eigenvalue weighted by molar-refractivity contribution is 7.18. The average Bonchev–Trinajstić information content (AvgIpc) is 2.68. The van der Waals surface area contributed by atoms with Crippen LogP contribution in [0.15, 0.2) is 0 Å². The van der Waals surface area contributed by atoms with Crippen LogP contribution in [0.3, 0.4) is 0 Å². The molecular weight excluding hydrogens is 288 g/mol. The molecule has 118 valence electrons. The van der Waals surface area contributed by atoms with Crippen molar-refractivity contribution in [3.8, 4) is 0 Å². The topological polar surface area (TPSA) is 89.3 Å². The third-order valence-corrected chi connectivity index (χ3v) is 4.18. The Hall–Kier alpha value is -1.34. The minimum atomic E-state index is -0.330. The third-order valence-electron chi connectivity index (χ3n) is 3.19. The maximum Gasteiger partial charge on any atom is 0.265 e. The van der Waals surface area contributed by atoms with Gasteiger partial charge < -0.3 is 21.1 Å². The fraction of sp³-hybridized carbons (Fsp3) is 0.714. The van der Waals surface area contributed by atoms with E-state index in [0.717, 1.165) is 19.4 Å². The van der Waals surface area contributed by atoms with E-state index < -0.39 is 0 Å². The summed E-state index contributed by atoms with van der Waals surface area (Å²) in [6, 6.07) is 0. The van der Waals surface area contributed by atoms with Crippen LogP contribution >= 0.6 is 11.3 Å². The number of ether oxygens (including phenoxy) is 1. The standard InChI is InChI=1S/C14H24N4O2S/c1-13(2,3)18-12-16-10(15)9(21-12)11(19)17-14(4)6-5-7-20-8-14/h5-8,15H2,1-4H3,(H,16,18)(H,17,19). The highest BCUT2D eigenvalue weighted by atomic mass is 32.1. The van der Waals surface area contributed by atoms with Crippen LogP contribution in [0.5, 0.6) is 0 Å². The lowest BCUT2D eigenvalue weighted by Crippen LogP contribution is -2.51. The zero-order valence-corrected chi connectivity index (χ0v) is 13.9. The zero-order valence-electron chi connectivity index (χ0n) is 13.1. The summed E-state index contributed by atoms with van der Waals surface area (Å²) < 4.78 is 5.45. The number of aromatic nitrogens is 1. The largest absolute Gasteiger partial charge is 0.382 e. The minimum absolute atomic E-state index is 0.124. The molecule has 0 aromatic carbocycles. The Bertz CT molecular complexity index is 516. The van der Waals surface area contributed by atoms with Gasteiger partial charge in [0.25, 0.3) is 5.91 Å². The Morgan fingerprint density at radius 1 is 1.48 bits per heavy atom. The Balaban J connectivity index is 2.08. The van der Waals surface area contributed by atoms with Gasteiger partial charge in [-0.3, -0.25) is 4.79 Å². The van der Waals surface area contributed by atoms with Gasteiger partial charge in [0, 0.05) is 12.1 Å². The summed E-state index contributed by atoms with van der Waals surface area (Å²) in [6.07, 6.45) is 1.86. The lowest BCUT2D eigenvalue weighted by Gasteiger charge is -2.34. The van der Waals surface area contributed by atoms with Crippen molar-refractivity contribution in [3.05, 3.63) is 4.88 Å². The maximum absolute atomic E-state index is 12.4. The highest BCUT2D eigenvalue weighted by Crippen LogP contribution is 2.28. The molecule has 2 heterocycles. The number of hydrogen-bond acceptors (Lipinski definition) is 6. The number of hydrogen-bond donors (Lipinski definition) is 3. The molecule has 4 N–H and O–H groups in total. The Morgan fingerprint density at radius 3 is 2.76 bits per heavy atom. The lowest BCUT2D eigenvalue weighted by atomic mass is 9.95. The molecule has 1 aliphatic heterocycles. The van der Waals surface area contributed by atoms with Crippen LogP contribution < -0.4 is 16.4 Å². The summed E-state index contributed by atoms with van der Waals surface area (Å²) in [5.74, 6) is 0.0875. The van der Waals surface area contributed by atoms with Crippen molar-refractivity contribution in [1.82, 2.24) is 10.3 Å². The van der Waals surface area contributed by atoms with Gasteiger partial charge in [-0.05, 0) is 40.5 Å². The summed E-state index contributed by atoms with van der Waals surface area (Å²) in [5, 5.41) is 6.92. The fourth-order valence-corrected chi connectivity index (χ4v) is 3.22. The van der Waals surface area contributed by atoms with Crippen LogP contribution in [0.1, 0.15) is 50.2 Å². The first-order valence-corrected chi connectivity index (χ1v) is 7.95. The van der Waals surface area contributed by atoms with Crippen molar-refractivity contribution in [3.63, 3.8) is 0 Å². The van der Waals surface area contributed by atoms with Gasteiger partial charge in [0.05, 0.1) is 12.1 Å². The SMILES string of the molecule is CC(C)(C)Nc1nc(N)c(C(=O)NC2(C)CCCOC2)s1. The van der Waals surface area contributed by atoms with E-state index in [9.17, 15) is 4.79 Å². The molecule has 0 saturated carbocycles. The molecule has 1 fully saturated rings. The predicted molar refractivity (Wildman–Crippen MR) is 85.8 cm³/mol. The van der Waals surface area contributed by atoms with Crippen LogP contribution in [0, 0.1) is 0 Å². The second-order valence-corrected chi connectivity index (χ2v) is 7.78. The second-order valence-electron chi connectivity index (χ2n) is 6.78. The fourth-order valence-electron chi connectivity index (χ4n) is 2.23. The number of thiazole rings is 1. The Kier molecular flexibility index (Phi) is 4.43. The van der Waals surface area contributed by atoms with Crippen LogP contribution in [0.25, 0.3) is 0 Å². The number of rotatable bonds is 3. The molecule has 1 atom stereocenters. The number of anilines is 2. The number of carbonyl (C=O) groups excluding carboxylic acids is 1. The molecule has 7 heteroatoms. The van der Waals surface area contributed by atoms with E-state index >= 15 is 0 Å². The Morgan fingerprint density at radius 2 is 2.19 bits per heavy atom. The number of amides is 1. The number of carbonyl (C=O) groups is 1. The molecular formula is C14H24N4O2S. The van der Waals surface area contributed by atoms with E-state index in [1.54, 1.807) is 0 Å². The molecule has 21 heavy (non-hydrogen) atoms. The van der Waals surface area contributed by atoms with Crippen molar-refractivity contribution in [2.24, 2.45) is 0 Å². The number of nitrogens with two attached hydrogens (primary N) is 1. The van der Waals surface area contributed by atoms with Crippen LogP contribution in [0.4, 0.5) is 10.9 Å². The van der Waals surface area contributed by atoms with Crippen molar-refractivity contribution < 1.29 is 9.53 Å². The van der Waals surface area contributed by atoms with Gasteiger partial charge in [0.1, 0.15) is 10.7 Å². The van der Waals surface area contributed by atoms with E-state index in [1.165, 1.54) is 11.3 Å². The van der Waals surface area contributed by atoms with E-state index in [2.05, 4.69) is 15.6 Å². The molecule has 0 spiro atoms. The first-order chi connectivity index (χ1) is 9.69. The minimum Gasteiger partial charge on any atom is -0.382 e. The summed E-state index contributed by atoms with van der Waals surface area (Å²) in [5.41, 5.74) is 5.42. The zero-order chi connectivity index (χ0) is 15.7. The van der Waals surface area contributed by atoms with Crippen molar-refractivity contribution >= 4 is 28.2 Å². The van der Waals surface area contributed by atoms with E-state index in [1.807, 2.05) is 27.7 Å². The predicted octanol–water partition coefficient (Wildman–Crippen LogP) is 2.23. The Labute approximate surface area is 129 Å². The normalized spacial score (nSPS) is 22.9. The lowest BCUT2D eigenvalue weighted by molar-refractivity contribution is 0.0274.